The minimum Gasteiger partial charge on any atom is -0.489 e. The van der Waals surface area contributed by atoms with Crippen LogP contribution in [0, 0.1) is 5.82 Å². The summed E-state index contributed by atoms with van der Waals surface area (Å²) in [4.78, 5) is 13.7. The van der Waals surface area contributed by atoms with Crippen LogP contribution in [0.1, 0.15) is 30.0 Å². The van der Waals surface area contributed by atoms with Gasteiger partial charge >= 0.3 is 0 Å². The molecule has 1 fully saturated rings. The molecule has 132 valence electrons. The van der Waals surface area contributed by atoms with E-state index < -0.39 is 0 Å². The molecule has 25 heavy (non-hydrogen) atoms. The van der Waals surface area contributed by atoms with E-state index in [1.807, 2.05) is 24.3 Å². The summed E-state index contributed by atoms with van der Waals surface area (Å²) in [7, 11) is 3.55. The topological polar surface area (TPSA) is 41.6 Å². The third-order valence-electron chi connectivity index (χ3n) is 4.52. The molecule has 0 radical (unpaired) electrons. The van der Waals surface area contributed by atoms with Gasteiger partial charge in [0.1, 0.15) is 18.2 Å². The summed E-state index contributed by atoms with van der Waals surface area (Å²) in [6.07, 6.45) is 1.77. The lowest BCUT2D eigenvalue weighted by molar-refractivity contribution is -0.130. The molecule has 0 aromatic heterocycles. The third kappa shape index (κ3) is 4.17. The van der Waals surface area contributed by atoms with Crippen molar-refractivity contribution in [3.05, 3.63) is 65.5 Å². The van der Waals surface area contributed by atoms with Gasteiger partial charge in [0, 0.05) is 25.7 Å². The molecule has 1 aliphatic rings. The van der Waals surface area contributed by atoms with Gasteiger partial charge in [-0.25, -0.2) is 4.39 Å². The van der Waals surface area contributed by atoms with Gasteiger partial charge < -0.3 is 9.64 Å². The van der Waals surface area contributed by atoms with Crippen LogP contribution in [0.3, 0.4) is 0 Å². The number of nitrogens with one attached hydrogen (secondary N) is 1. The first-order chi connectivity index (χ1) is 12.0. The number of benzene rings is 2. The summed E-state index contributed by atoms with van der Waals surface area (Å²) in [6, 6.07) is 14.4. The van der Waals surface area contributed by atoms with E-state index in [0.717, 1.165) is 18.4 Å². The normalized spacial score (nSPS) is 19.6. The molecule has 1 saturated heterocycles. The standard InChI is InChI=1S/C20H23FN2O2/c1-23(2)20(24)19-12-11-18(22-19)14-7-9-16(10-8-14)25-13-15-5-3-4-6-17(15)21/h3-10,18-19,22H,11-13H2,1-2H3/t18-,19+/m1/s1. The highest BCUT2D eigenvalue weighted by Gasteiger charge is 2.30. The molecule has 1 heterocycles. The summed E-state index contributed by atoms with van der Waals surface area (Å²) in [6.45, 7) is 0.201. The molecule has 0 bridgehead atoms. The smallest absolute Gasteiger partial charge is 0.239 e. The molecule has 5 heteroatoms. The Morgan fingerprint density at radius 3 is 2.56 bits per heavy atom. The largest absolute Gasteiger partial charge is 0.489 e. The van der Waals surface area contributed by atoms with E-state index in [1.165, 1.54) is 6.07 Å². The molecule has 1 N–H and O–H groups in total. The fourth-order valence-electron chi connectivity index (χ4n) is 3.09. The lowest BCUT2D eigenvalue weighted by atomic mass is 10.1. The first-order valence-electron chi connectivity index (χ1n) is 8.48. The maximum atomic E-state index is 13.6. The van der Waals surface area contributed by atoms with Crippen LogP contribution < -0.4 is 10.1 Å². The average molecular weight is 342 g/mol. The minimum atomic E-state index is -0.258. The lowest BCUT2D eigenvalue weighted by Gasteiger charge is -2.18. The zero-order valence-corrected chi connectivity index (χ0v) is 14.5. The molecule has 2 aromatic rings. The van der Waals surface area contributed by atoms with Crippen LogP contribution in [0.4, 0.5) is 4.39 Å². The highest BCUT2D eigenvalue weighted by atomic mass is 19.1. The molecule has 4 nitrogen and oxygen atoms in total. The lowest BCUT2D eigenvalue weighted by Crippen LogP contribution is -2.40. The van der Waals surface area contributed by atoms with E-state index in [2.05, 4.69) is 5.32 Å². The number of amides is 1. The fourth-order valence-corrected chi connectivity index (χ4v) is 3.09. The van der Waals surface area contributed by atoms with Crippen molar-refractivity contribution in [3.63, 3.8) is 0 Å². The van der Waals surface area contributed by atoms with E-state index in [4.69, 9.17) is 4.74 Å². The number of ether oxygens (including phenoxy) is 1. The molecule has 0 saturated carbocycles. The molecule has 1 amide bonds. The molecule has 0 aliphatic carbocycles. The van der Waals surface area contributed by atoms with Crippen LogP contribution in [0.2, 0.25) is 0 Å². The molecule has 2 aromatic carbocycles. The van der Waals surface area contributed by atoms with Crippen molar-refractivity contribution in [2.75, 3.05) is 14.1 Å². The van der Waals surface area contributed by atoms with Gasteiger partial charge in [0.15, 0.2) is 0 Å². The second-order valence-electron chi connectivity index (χ2n) is 6.53. The predicted molar refractivity (Wildman–Crippen MR) is 94.8 cm³/mol. The average Bonchev–Trinajstić information content (AvgIpc) is 3.11. The molecule has 1 aliphatic heterocycles. The maximum absolute atomic E-state index is 13.6. The third-order valence-corrected chi connectivity index (χ3v) is 4.52. The highest BCUT2D eigenvalue weighted by Crippen LogP contribution is 2.28. The number of halogens is 1. The SMILES string of the molecule is CN(C)C(=O)[C@@H]1CC[C@H](c2ccc(OCc3ccccc3F)cc2)N1. The van der Waals surface area contributed by atoms with E-state index in [-0.39, 0.29) is 30.4 Å². The number of hydrogen-bond donors (Lipinski definition) is 1. The summed E-state index contributed by atoms with van der Waals surface area (Å²) in [5, 5.41) is 3.39. The van der Waals surface area contributed by atoms with Crippen LogP contribution in [-0.2, 0) is 11.4 Å². The Balaban J connectivity index is 1.58. The minimum absolute atomic E-state index is 0.114. The van der Waals surface area contributed by atoms with Gasteiger partial charge in [-0.1, -0.05) is 30.3 Å². The van der Waals surface area contributed by atoms with Gasteiger partial charge in [-0.15, -0.1) is 0 Å². The molecule has 3 rings (SSSR count). The van der Waals surface area contributed by atoms with Crippen molar-refractivity contribution in [2.24, 2.45) is 0 Å². The fraction of sp³-hybridized carbons (Fsp3) is 0.350. The second-order valence-corrected chi connectivity index (χ2v) is 6.53. The molecular formula is C20H23FN2O2. The first kappa shape index (κ1) is 17.4. The summed E-state index contributed by atoms with van der Waals surface area (Å²) < 4.78 is 19.3. The second kappa shape index (κ2) is 7.66. The molecule has 0 spiro atoms. The summed E-state index contributed by atoms with van der Waals surface area (Å²) in [5.74, 6) is 0.559. The van der Waals surface area contributed by atoms with E-state index in [9.17, 15) is 9.18 Å². The van der Waals surface area contributed by atoms with Crippen molar-refractivity contribution in [2.45, 2.75) is 31.5 Å². The van der Waals surface area contributed by atoms with E-state index in [0.29, 0.717) is 11.3 Å². The van der Waals surface area contributed by atoms with Crippen molar-refractivity contribution in [1.82, 2.24) is 10.2 Å². The Morgan fingerprint density at radius 2 is 1.88 bits per heavy atom. The van der Waals surface area contributed by atoms with Gasteiger partial charge in [-0.3, -0.25) is 10.1 Å². The number of carbonyl (C=O) groups is 1. The monoisotopic (exact) mass is 342 g/mol. The van der Waals surface area contributed by atoms with Crippen LogP contribution in [0.25, 0.3) is 0 Å². The highest BCUT2D eigenvalue weighted by molar-refractivity contribution is 5.81. The van der Waals surface area contributed by atoms with Crippen molar-refractivity contribution in [1.29, 1.82) is 0 Å². The zero-order valence-electron chi connectivity index (χ0n) is 14.5. The van der Waals surface area contributed by atoms with Gasteiger partial charge in [-0.2, -0.15) is 0 Å². The van der Waals surface area contributed by atoms with E-state index in [1.54, 1.807) is 37.2 Å². The quantitative estimate of drug-likeness (QED) is 0.907. The Morgan fingerprint density at radius 1 is 1.16 bits per heavy atom. The summed E-state index contributed by atoms with van der Waals surface area (Å²) >= 11 is 0. The Kier molecular flexibility index (Phi) is 5.34. The first-order valence-corrected chi connectivity index (χ1v) is 8.48. The van der Waals surface area contributed by atoms with Crippen LogP contribution in [-0.4, -0.2) is 30.9 Å². The Labute approximate surface area is 147 Å². The van der Waals surface area contributed by atoms with Crippen molar-refractivity contribution in [3.8, 4) is 5.75 Å². The van der Waals surface area contributed by atoms with Crippen molar-refractivity contribution >= 4 is 5.91 Å². The molecule has 0 unspecified atom stereocenters. The van der Waals surface area contributed by atoms with Gasteiger partial charge in [0.2, 0.25) is 5.91 Å². The van der Waals surface area contributed by atoms with Crippen LogP contribution >= 0.6 is 0 Å². The molecule has 2 atom stereocenters. The van der Waals surface area contributed by atoms with Gasteiger partial charge in [0.25, 0.3) is 0 Å². The number of hydrogen-bond acceptors (Lipinski definition) is 3. The number of rotatable bonds is 5. The van der Waals surface area contributed by atoms with Crippen molar-refractivity contribution < 1.29 is 13.9 Å². The predicted octanol–water partition coefficient (Wildman–Crippen LogP) is 3.29. The van der Waals surface area contributed by atoms with Gasteiger partial charge in [0.05, 0.1) is 6.04 Å². The van der Waals surface area contributed by atoms with Crippen LogP contribution in [0.15, 0.2) is 48.5 Å². The summed E-state index contributed by atoms with van der Waals surface area (Å²) in [5.41, 5.74) is 1.67. The van der Waals surface area contributed by atoms with Gasteiger partial charge in [-0.05, 0) is 36.6 Å². The van der Waals surface area contributed by atoms with E-state index >= 15 is 0 Å². The number of carbonyl (C=O) groups excluding carboxylic acids is 1. The number of nitrogens with zero attached hydrogens (tertiary/aromatic N) is 1. The zero-order chi connectivity index (χ0) is 17.8. The number of likely N-dealkylation sites (N-methyl/N-ethyl adjacent to an activating group) is 1. The van der Waals surface area contributed by atoms with Crippen LogP contribution in [0.5, 0.6) is 5.75 Å². The Bertz CT molecular complexity index is 731. The maximum Gasteiger partial charge on any atom is 0.239 e. The molecular weight excluding hydrogens is 319 g/mol. The Hall–Kier alpha value is -2.40.